The van der Waals surface area contributed by atoms with Crippen LogP contribution in [0.3, 0.4) is 0 Å². The first-order valence-corrected chi connectivity index (χ1v) is 30.5. The van der Waals surface area contributed by atoms with Crippen molar-refractivity contribution in [3.8, 4) is 79.6 Å². The Labute approximate surface area is 534 Å². The highest BCUT2D eigenvalue weighted by Gasteiger charge is 2.41. The highest BCUT2D eigenvalue weighted by molar-refractivity contribution is 5.95. The van der Waals surface area contributed by atoms with Gasteiger partial charge in [0.05, 0.1) is 79.1 Å². The van der Waals surface area contributed by atoms with Gasteiger partial charge in [-0.05, 0) is 173 Å². The standard InChI is InChI=1S/C77H67N3O12/c1-52(55-7-3-2-4-8-55)80-73(81)64-29-39-72(40-30-64)92-77(85)65-31-37-71(38-32-65)88-45-46-91-76(84)68-48-66(74(82)89-43-5-41-86-69-33-25-62(26-34-69)60-21-17-58(18-22-60)56-13-9-53(50-78)10-14-56)47-67(49-68)75(83)90-44-6-42-87-70-35-27-63(28-36-70)61-23-19-59(20-24-61)57-15-11-54(51-79)12-16-57/h2-4,7-40,52,66-68H,5-6,41-49H2,1H3,(H,80,81)/t52-,66-,67+,68?/m1/s1. The van der Waals surface area contributed by atoms with Gasteiger partial charge in [-0.25, -0.2) is 4.79 Å². The maximum atomic E-state index is 13.7. The lowest BCUT2D eigenvalue weighted by Crippen LogP contribution is -2.37. The van der Waals surface area contributed by atoms with Crippen molar-refractivity contribution >= 4 is 29.8 Å². The van der Waals surface area contributed by atoms with Crippen molar-refractivity contribution in [2.75, 3.05) is 39.6 Å². The van der Waals surface area contributed by atoms with Crippen LogP contribution in [0.5, 0.6) is 23.0 Å². The number of hydrogen-bond donors (Lipinski definition) is 1. The van der Waals surface area contributed by atoms with Crippen LogP contribution in [0, 0.1) is 40.4 Å². The fraction of sp³-hybridized carbons (Fsp3) is 0.208. The third-order valence-corrected chi connectivity index (χ3v) is 15.8. The molecule has 1 unspecified atom stereocenters. The highest BCUT2D eigenvalue weighted by atomic mass is 16.6. The number of carbonyl (C=O) groups is 5. The van der Waals surface area contributed by atoms with Gasteiger partial charge < -0.3 is 38.5 Å². The van der Waals surface area contributed by atoms with Crippen LogP contribution in [0.1, 0.15) is 82.5 Å². The number of nitrogens with zero attached hydrogens (tertiary/aromatic N) is 2. The zero-order valence-electron chi connectivity index (χ0n) is 50.7. The number of hydrogen-bond acceptors (Lipinski definition) is 14. The average molecular weight is 1230 g/mol. The first kappa shape index (κ1) is 63.7. The summed E-state index contributed by atoms with van der Waals surface area (Å²) in [7, 11) is 0. The highest BCUT2D eigenvalue weighted by Crippen LogP contribution is 2.37. The van der Waals surface area contributed by atoms with E-state index in [1.165, 1.54) is 0 Å². The molecule has 1 aliphatic rings. The number of carbonyl (C=O) groups excluding carboxylic acids is 5. The zero-order valence-corrected chi connectivity index (χ0v) is 50.7. The first-order chi connectivity index (χ1) is 44.9. The molecular formula is C77H67N3O12. The molecule has 0 aliphatic heterocycles. The largest absolute Gasteiger partial charge is 0.493 e. The van der Waals surface area contributed by atoms with Crippen LogP contribution in [0.25, 0.3) is 44.5 Å². The van der Waals surface area contributed by atoms with E-state index in [1.54, 1.807) is 72.8 Å². The van der Waals surface area contributed by atoms with Gasteiger partial charge in [0.2, 0.25) is 0 Å². The van der Waals surface area contributed by atoms with Gasteiger partial charge in [0.1, 0.15) is 36.2 Å². The summed E-state index contributed by atoms with van der Waals surface area (Å²) in [6, 6.07) is 73.0. The van der Waals surface area contributed by atoms with Crippen molar-refractivity contribution in [3.05, 3.63) is 252 Å². The molecular weight excluding hydrogens is 1160 g/mol. The fourth-order valence-corrected chi connectivity index (χ4v) is 10.7. The molecule has 92 heavy (non-hydrogen) atoms. The van der Waals surface area contributed by atoms with Crippen LogP contribution in [-0.4, -0.2) is 69.4 Å². The summed E-state index contributed by atoms with van der Waals surface area (Å²) in [6.07, 6.45) is 1.16. The van der Waals surface area contributed by atoms with Gasteiger partial charge in [-0.2, -0.15) is 10.5 Å². The Kier molecular flexibility index (Phi) is 22.0. The Bertz CT molecular complexity index is 3840. The lowest BCUT2D eigenvalue weighted by molar-refractivity contribution is -0.161. The molecule has 1 saturated carbocycles. The number of ether oxygens (including phenoxy) is 7. The molecule has 1 fully saturated rings. The summed E-state index contributed by atoms with van der Waals surface area (Å²) in [5.41, 5.74) is 11.1. The second kappa shape index (κ2) is 31.8. The lowest BCUT2D eigenvalue weighted by atomic mass is 9.75. The van der Waals surface area contributed by atoms with E-state index in [0.717, 1.165) is 50.1 Å². The Balaban J connectivity index is 0.677. The lowest BCUT2D eigenvalue weighted by Gasteiger charge is -2.31. The van der Waals surface area contributed by atoms with E-state index in [4.69, 9.17) is 43.7 Å². The molecule has 0 spiro atoms. The maximum absolute atomic E-state index is 13.7. The van der Waals surface area contributed by atoms with E-state index >= 15 is 0 Å². The van der Waals surface area contributed by atoms with Crippen LogP contribution in [0.2, 0.25) is 0 Å². The monoisotopic (exact) mass is 1230 g/mol. The van der Waals surface area contributed by atoms with Crippen molar-refractivity contribution < 1.29 is 57.1 Å². The summed E-state index contributed by atoms with van der Waals surface area (Å²) < 4.78 is 40.5. The third-order valence-electron chi connectivity index (χ3n) is 15.8. The molecule has 9 aromatic rings. The van der Waals surface area contributed by atoms with E-state index in [-0.39, 0.29) is 82.2 Å². The molecule has 10 rings (SSSR count). The van der Waals surface area contributed by atoms with Crippen molar-refractivity contribution in [2.45, 2.75) is 45.1 Å². The maximum Gasteiger partial charge on any atom is 0.343 e. The van der Waals surface area contributed by atoms with E-state index in [9.17, 15) is 24.0 Å². The molecule has 15 nitrogen and oxygen atoms in total. The number of benzene rings is 9. The van der Waals surface area contributed by atoms with Crippen LogP contribution in [0.4, 0.5) is 0 Å². The molecule has 0 heterocycles. The SMILES string of the molecule is C[C@@H](NC(=O)c1ccc(OC(=O)c2ccc(OCCOC(=O)C3C[C@@H](C(=O)OCCCOc4ccc(-c5ccc(-c6ccc(C#N)cc6)cc5)cc4)C[C@@H](C(=O)OCCCOc4ccc(-c5ccc(-c6ccc(C#N)cc6)cc5)cc4)C3)cc2)cc1)c1ccccc1. The molecule has 1 N–H and O–H groups in total. The molecule has 15 heteroatoms. The van der Waals surface area contributed by atoms with E-state index in [1.807, 2.05) is 159 Å². The minimum absolute atomic E-state index is 0.0206. The molecule has 0 saturated heterocycles. The molecule has 4 atom stereocenters. The quantitative estimate of drug-likeness (QED) is 0.0231. The summed E-state index contributed by atoms with van der Waals surface area (Å²) >= 11 is 0. The fourth-order valence-electron chi connectivity index (χ4n) is 10.7. The van der Waals surface area contributed by atoms with Gasteiger partial charge in [0, 0.05) is 18.4 Å². The van der Waals surface area contributed by atoms with Gasteiger partial charge in [0.25, 0.3) is 5.91 Å². The second-order valence-electron chi connectivity index (χ2n) is 22.2. The summed E-state index contributed by atoms with van der Waals surface area (Å²) in [4.78, 5) is 67.0. The van der Waals surface area contributed by atoms with Crippen LogP contribution in [0.15, 0.2) is 224 Å². The molecule has 9 aromatic carbocycles. The molecule has 1 amide bonds. The predicted molar refractivity (Wildman–Crippen MR) is 347 cm³/mol. The predicted octanol–water partition coefficient (Wildman–Crippen LogP) is 14.8. The molecule has 1 aliphatic carbocycles. The topological polar surface area (TPSA) is 210 Å². The third kappa shape index (κ3) is 17.7. The number of rotatable bonds is 26. The normalized spacial score (nSPS) is 14.4. The van der Waals surface area contributed by atoms with Gasteiger partial charge in [-0.1, -0.05) is 127 Å². The number of amides is 1. The zero-order chi connectivity index (χ0) is 64.0. The van der Waals surface area contributed by atoms with Gasteiger partial charge in [0.15, 0.2) is 0 Å². The first-order valence-electron chi connectivity index (χ1n) is 30.5. The van der Waals surface area contributed by atoms with Crippen LogP contribution < -0.4 is 24.3 Å². The van der Waals surface area contributed by atoms with E-state index < -0.39 is 41.6 Å². The van der Waals surface area contributed by atoms with Crippen molar-refractivity contribution in [2.24, 2.45) is 17.8 Å². The van der Waals surface area contributed by atoms with Crippen LogP contribution >= 0.6 is 0 Å². The smallest absolute Gasteiger partial charge is 0.343 e. The second-order valence-corrected chi connectivity index (χ2v) is 22.2. The number of nitriles is 2. The molecule has 0 radical (unpaired) electrons. The summed E-state index contributed by atoms with van der Waals surface area (Å²) in [6.45, 7) is 2.43. The number of esters is 4. The van der Waals surface area contributed by atoms with Gasteiger partial charge in [-0.3, -0.25) is 19.2 Å². The minimum Gasteiger partial charge on any atom is -0.493 e. The average Bonchev–Trinajstić information content (AvgIpc) is 1.14. The van der Waals surface area contributed by atoms with Crippen molar-refractivity contribution in [1.29, 1.82) is 10.5 Å². The summed E-state index contributed by atoms with van der Waals surface area (Å²) in [5.74, 6) is -2.90. The molecule has 462 valence electrons. The molecule has 0 aromatic heterocycles. The van der Waals surface area contributed by atoms with Gasteiger partial charge in [-0.15, -0.1) is 0 Å². The Morgan fingerprint density at radius 2 is 0.717 bits per heavy atom. The minimum atomic E-state index is -0.806. The van der Waals surface area contributed by atoms with E-state index in [0.29, 0.717) is 46.8 Å². The Morgan fingerprint density at radius 3 is 1.11 bits per heavy atom. The Hall–Kier alpha value is -11.3. The summed E-state index contributed by atoms with van der Waals surface area (Å²) in [5, 5.41) is 21.2. The van der Waals surface area contributed by atoms with Crippen LogP contribution in [-0.2, 0) is 28.6 Å². The number of nitrogens with one attached hydrogen (secondary N) is 1. The van der Waals surface area contributed by atoms with E-state index in [2.05, 4.69) is 17.5 Å². The van der Waals surface area contributed by atoms with Crippen molar-refractivity contribution in [1.82, 2.24) is 5.32 Å². The Morgan fingerprint density at radius 1 is 0.391 bits per heavy atom. The molecule has 0 bridgehead atoms. The van der Waals surface area contributed by atoms with Crippen molar-refractivity contribution in [3.63, 3.8) is 0 Å². The van der Waals surface area contributed by atoms with Gasteiger partial charge >= 0.3 is 23.9 Å².